The van der Waals surface area contributed by atoms with Gasteiger partial charge in [0.25, 0.3) is 0 Å². The van der Waals surface area contributed by atoms with E-state index in [2.05, 4.69) is 26.0 Å². The summed E-state index contributed by atoms with van der Waals surface area (Å²) < 4.78 is 0. The van der Waals surface area contributed by atoms with Crippen molar-refractivity contribution in [1.82, 2.24) is 0 Å². The highest BCUT2D eigenvalue weighted by Gasteiger charge is 2.23. The molecule has 1 atom stereocenters. The number of benzene rings is 1. The van der Waals surface area contributed by atoms with Crippen LogP contribution in [0.1, 0.15) is 25.3 Å². The van der Waals surface area contributed by atoms with Crippen molar-refractivity contribution < 1.29 is 4.79 Å². The molecule has 0 bridgehead atoms. The number of fused-ring (bicyclic) bond motifs is 1. The van der Waals surface area contributed by atoms with Crippen molar-refractivity contribution in [2.45, 2.75) is 24.7 Å². The number of carbonyl (C=O) groups excluding carboxylic acids is 1. The van der Waals surface area contributed by atoms with Crippen molar-refractivity contribution in [3.63, 3.8) is 0 Å². The summed E-state index contributed by atoms with van der Waals surface area (Å²) in [6.07, 6.45) is 0. The number of thioether (sulfide) groups is 1. The molecular weight excluding hydrogens is 244 g/mol. The van der Waals surface area contributed by atoms with Gasteiger partial charge >= 0.3 is 0 Å². The molecule has 0 spiro atoms. The Balaban J connectivity index is 2.40. The molecule has 1 aromatic rings. The first-order valence-electron chi connectivity index (χ1n) is 5.97. The van der Waals surface area contributed by atoms with Gasteiger partial charge in [-0.3, -0.25) is 4.79 Å². The van der Waals surface area contributed by atoms with Crippen LogP contribution in [0.2, 0.25) is 0 Å². The lowest BCUT2D eigenvalue weighted by Crippen LogP contribution is -2.31. The Bertz CT molecular complexity index is 519. The quantitative estimate of drug-likeness (QED) is 0.821. The van der Waals surface area contributed by atoms with Crippen LogP contribution in [-0.4, -0.2) is 18.7 Å². The predicted octanol–water partition coefficient (Wildman–Crippen LogP) is 3.02. The number of hydrogen-bond acceptors (Lipinski definition) is 3. The van der Waals surface area contributed by atoms with Gasteiger partial charge in [-0.2, -0.15) is 5.26 Å². The molecule has 4 heteroatoms. The van der Waals surface area contributed by atoms with Gasteiger partial charge in [0.2, 0.25) is 5.91 Å². The molecule has 1 aliphatic rings. The summed E-state index contributed by atoms with van der Waals surface area (Å²) in [5.74, 6) is 0.812. The van der Waals surface area contributed by atoms with Gasteiger partial charge in [-0.15, -0.1) is 11.8 Å². The van der Waals surface area contributed by atoms with Gasteiger partial charge in [-0.05, 0) is 23.6 Å². The van der Waals surface area contributed by atoms with Crippen LogP contribution in [0, 0.1) is 17.2 Å². The maximum atomic E-state index is 11.6. The highest BCUT2D eigenvalue weighted by Crippen LogP contribution is 2.37. The third kappa shape index (κ3) is 2.23. The van der Waals surface area contributed by atoms with Gasteiger partial charge in [-0.1, -0.05) is 19.9 Å². The van der Waals surface area contributed by atoms with E-state index in [1.165, 1.54) is 0 Å². The fraction of sp³-hybridized carbons (Fsp3) is 0.429. The first-order chi connectivity index (χ1) is 8.54. The molecule has 1 unspecified atom stereocenters. The summed E-state index contributed by atoms with van der Waals surface area (Å²) in [5.41, 5.74) is 1.99. The maximum absolute atomic E-state index is 11.6. The minimum Gasteiger partial charge on any atom is -0.314 e. The molecule has 3 nitrogen and oxygen atoms in total. The highest BCUT2D eigenvalue weighted by molar-refractivity contribution is 8.00. The first kappa shape index (κ1) is 13.0. The van der Waals surface area contributed by atoms with Gasteiger partial charge in [0, 0.05) is 11.9 Å². The average Bonchev–Trinajstić information content (AvgIpc) is 2.34. The molecule has 2 rings (SSSR count). The van der Waals surface area contributed by atoms with E-state index in [0.29, 0.717) is 11.7 Å². The van der Waals surface area contributed by atoms with Crippen LogP contribution in [0.3, 0.4) is 0 Å². The number of nitriles is 1. The van der Waals surface area contributed by atoms with E-state index in [1.54, 1.807) is 23.7 Å². The zero-order valence-corrected chi connectivity index (χ0v) is 11.6. The van der Waals surface area contributed by atoms with Crippen LogP contribution in [0.4, 0.5) is 5.69 Å². The number of rotatable bonds is 2. The van der Waals surface area contributed by atoms with Crippen molar-refractivity contribution >= 4 is 23.4 Å². The molecule has 0 saturated heterocycles. The zero-order chi connectivity index (χ0) is 13.3. The third-order valence-corrected chi connectivity index (χ3v) is 4.26. The molecule has 94 valence electrons. The highest BCUT2D eigenvalue weighted by atomic mass is 32.2. The van der Waals surface area contributed by atoms with Crippen molar-refractivity contribution in [1.29, 1.82) is 5.26 Å². The lowest BCUT2D eigenvalue weighted by molar-refractivity contribution is -0.116. The second-order valence-corrected chi connectivity index (χ2v) is 5.84. The Morgan fingerprint density at radius 2 is 2.17 bits per heavy atom. The molecule has 1 amide bonds. The summed E-state index contributed by atoms with van der Waals surface area (Å²) in [7, 11) is 1.80. The van der Waals surface area contributed by atoms with E-state index >= 15 is 0 Å². The fourth-order valence-electron chi connectivity index (χ4n) is 2.10. The Hall–Kier alpha value is -1.47. The number of carbonyl (C=O) groups is 1. The molecule has 1 aromatic carbocycles. The Morgan fingerprint density at radius 1 is 1.44 bits per heavy atom. The fourth-order valence-corrected chi connectivity index (χ4v) is 3.14. The van der Waals surface area contributed by atoms with Crippen LogP contribution in [0.15, 0.2) is 23.1 Å². The van der Waals surface area contributed by atoms with E-state index < -0.39 is 0 Å². The molecular formula is C14H16N2OS. The van der Waals surface area contributed by atoms with E-state index in [-0.39, 0.29) is 11.8 Å². The maximum Gasteiger partial charge on any atom is 0.237 e. The Labute approximate surface area is 112 Å². The van der Waals surface area contributed by atoms with Crippen LogP contribution in [0.5, 0.6) is 0 Å². The van der Waals surface area contributed by atoms with Crippen molar-refractivity contribution in [2.24, 2.45) is 5.92 Å². The smallest absolute Gasteiger partial charge is 0.237 e. The van der Waals surface area contributed by atoms with Crippen molar-refractivity contribution in [2.75, 3.05) is 17.7 Å². The van der Waals surface area contributed by atoms with E-state index in [1.807, 2.05) is 12.1 Å². The molecule has 0 fully saturated rings. The predicted molar refractivity (Wildman–Crippen MR) is 73.8 cm³/mol. The van der Waals surface area contributed by atoms with Crippen LogP contribution in [0.25, 0.3) is 0 Å². The van der Waals surface area contributed by atoms with E-state index in [4.69, 9.17) is 0 Å². The molecule has 1 aliphatic heterocycles. The topological polar surface area (TPSA) is 44.1 Å². The molecule has 1 heterocycles. The van der Waals surface area contributed by atoms with Gasteiger partial charge in [0.05, 0.1) is 23.4 Å². The van der Waals surface area contributed by atoms with Crippen molar-refractivity contribution in [3.05, 3.63) is 23.8 Å². The van der Waals surface area contributed by atoms with E-state index in [9.17, 15) is 10.1 Å². The second-order valence-electron chi connectivity index (χ2n) is 4.82. The van der Waals surface area contributed by atoms with Gasteiger partial charge in [0.1, 0.15) is 0 Å². The largest absolute Gasteiger partial charge is 0.314 e. The number of hydrogen-bond donors (Lipinski definition) is 0. The van der Waals surface area contributed by atoms with Crippen molar-refractivity contribution in [3.8, 4) is 6.07 Å². The van der Waals surface area contributed by atoms with Gasteiger partial charge in [-0.25, -0.2) is 0 Å². The summed E-state index contributed by atoms with van der Waals surface area (Å²) in [6.45, 7) is 4.10. The van der Waals surface area contributed by atoms with E-state index in [0.717, 1.165) is 16.1 Å². The van der Waals surface area contributed by atoms with Gasteiger partial charge < -0.3 is 4.90 Å². The average molecular weight is 260 g/mol. The normalized spacial score (nSPS) is 16.4. The summed E-state index contributed by atoms with van der Waals surface area (Å²) in [6, 6.07) is 8.31. The Kier molecular flexibility index (Phi) is 3.63. The molecule has 0 aliphatic carbocycles. The minimum atomic E-state index is -0.0844. The zero-order valence-electron chi connectivity index (χ0n) is 10.8. The van der Waals surface area contributed by atoms with Crippen LogP contribution >= 0.6 is 11.8 Å². The lowest BCUT2D eigenvalue weighted by Gasteiger charge is -2.26. The summed E-state index contributed by atoms with van der Waals surface area (Å²) >= 11 is 1.55. The lowest BCUT2D eigenvalue weighted by atomic mass is 9.90. The number of anilines is 1. The standard InChI is InChI=1S/C14H16N2OS/c1-9(2)11(7-15)10-4-5-12-13(6-10)18-8-14(17)16(12)3/h4-6,9,11H,8H2,1-3H3. The summed E-state index contributed by atoms with van der Waals surface area (Å²) in [4.78, 5) is 14.4. The summed E-state index contributed by atoms with van der Waals surface area (Å²) in [5, 5.41) is 9.23. The van der Waals surface area contributed by atoms with Gasteiger partial charge in [0.15, 0.2) is 0 Å². The molecule has 0 saturated carbocycles. The molecule has 18 heavy (non-hydrogen) atoms. The number of nitrogens with zero attached hydrogens (tertiary/aromatic N) is 2. The monoisotopic (exact) mass is 260 g/mol. The SMILES string of the molecule is CC(C)C(C#N)c1ccc2c(c1)SCC(=O)N2C. The molecule has 0 aromatic heterocycles. The number of amides is 1. The first-order valence-corrected chi connectivity index (χ1v) is 6.96. The third-order valence-electron chi connectivity index (χ3n) is 3.24. The van der Waals surface area contributed by atoms with Crippen LogP contribution < -0.4 is 4.90 Å². The molecule has 0 radical (unpaired) electrons. The second kappa shape index (κ2) is 5.03. The minimum absolute atomic E-state index is 0.0844. The Morgan fingerprint density at radius 3 is 2.78 bits per heavy atom. The van der Waals surface area contributed by atoms with Crippen LogP contribution in [-0.2, 0) is 4.79 Å². The molecule has 0 N–H and O–H groups in total.